The molecule has 2 rings (SSSR count). The van der Waals surface area contributed by atoms with E-state index in [1.807, 2.05) is 0 Å². The lowest BCUT2D eigenvalue weighted by atomic mass is 10.3. The minimum atomic E-state index is 0.378. The standard InChI is InChI=1S/C9H6N2O2/c12-6-13-8-3-1-2-7-9(8)11-5-4-10-7/h1-6H. The van der Waals surface area contributed by atoms with Crippen molar-refractivity contribution >= 4 is 17.5 Å². The molecule has 0 atom stereocenters. The van der Waals surface area contributed by atoms with Crippen LogP contribution in [0.15, 0.2) is 30.6 Å². The molecule has 0 amide bonds. The summed E-state index contributed by atoms with van der Waals surface area (Å²) in [6.45, 7) is 0.378. The van der Waals surface area contributed by atoms with Crippen LogP contribution in [0.3, 0.4) is 0 Å². The summed E-state index contributed by atoms with van der Waals surface area (Å²) < 4.78 is 4.74. The van der Waals surface area contributed by atoms with Crippen LogP contribution in [0, 0.1) is 0 Å². The Kier molecular flexibility index (Phi) is 1.88. The Balaban J connectivity index is 2.68. The average Bonchev–Trinajstić information content (AvgIpc) is 2.19. The summed E-state index contributed by atoms with van der Waals surface area (Å²) in [7, 11) is 0. The first-order chi connectivity index (χ1) is 6.42. The van der Waals surface area contributed by atoms with Gasteiger partial charge in [-0.15, -0.1) is 0 Å². The highest BCUT2D eigenvalue weighted by Gasteiger charge is 2.01. The molecule has 0 radical (unpaired) electrons. The third kappa shape index (κ3) is 1.33. The third-order valence-corrected chi connectivity index (χ3v) is 1.64. The average molecular weight is 174 g/mol. The minimum Gasteiger partial charge on any atom is -0.426 e. The number of nitrogens with zero attached hydrogens (tertiary/aromatic N) is 2. The van der Waals surface area contributed by atoms with E-state index in [4.69, 9.17) is 4.74 Å². The van der Waals surface area contributed by atoms with E-state index >= 15 is 0 Å². The lowest BCUT2D eigenvalue weighted by Gasteiger charge is -2.00. The van der Waals surface area contributed by atoms with Gasteiger partial charge in [0.05, 0.1) is 5.52 Å². The maximum Gasteiger partial charge on any atom is 0.298 e. The molecule has 0 fully saturated rings. The van der Waals surface area contributed by atoms with Gasteiger partial charge in [0.25, 0.3) is 6.47 Å². The first-order valence-corrected chi connectivity index (χ1v) is 3.72. The molecule has 0 aliphatic carbocycles. The van der Waals surface area contributed by atoms with Gasteiger partial charge in [-0.1, -0.05) is 6.07 Å². The number of para-hydroxylation sites is 1. The molecule has 0 N–H and O–H groups in total. The summed E-state index contributed by atoms with van der Waals surface area (Å²) in [5, 5.41) is 0. The molecule has 0 unspecified atom stereocenters. The van der Waals surface area contributed by atoms with Crippen LogP contribution in [-0.4, -0.2) is 16.4 Å². The second-order valence-corrected chi connectivity index (χ2v) is 2.39. The van der Waals surface area contributed by atoms with Crippen molar-refractivity contribution in [2.24, 2.45) is 0 Å². The Morgan fingerprint density at radius 2 is 2.08 bits per heavy atom. The number of hydrogen-bond acceptors (Lipinski definition) is 4. The van der Waals surface area contributed by atoms with E-state index in [-0.39, 0.29) is 0 Å². The molecule has 0 aliphatic rings. The maximum atomic E-state index is 10.1. The number of hydrogen-bond donors (Lipinski definition) is 0. The Morgan fingerprint density at radius 3 is 2.92 bits per heavy atom. The Bertz CT molecular complexity index is 437. The number of aromatic nitrogens is 2. The summed E-state index contributed by atoms with van der Waals surface area (Å²) >= 11 is 0. The summed E-state index contributed by atoms with van der Waals surface area (Å²) in [5.41, 5.74) is 1.30. The molecule has 0 spiro atoms. The Morgan fingerprint density at radius 1 is 1.23 bits per heavy atom. The van der Waals surface area contributed by atoms with Crippen LogP contribution in [0.2, 0.25) is 0 Å². The Labute approximate surface area is 74.2 Å². The third-order valence-electron chi connectivity index (χ3n) is 1.64. The lowest BCUT2D eigenvalue weighted by Crippen LogP contribution is -1.91. The predicted octanol–water partition coefficient (Wildman–Crippen LogP) is 1.16. The van der Waals surface area contributed by atoms with Crippen LogP contribution >= 0.6 is 0 Å². The SMILES string of the molecule is O=COc1cccc2nccnc12. The van der Waals surface area contributed by atoms with Crippen LogP contribution in [-0.2, 0) is 4.79 Å². The molecule has 1 heterocycles. The zero-order valence-corrected chi connectivity index (χ0v) is 6.68. The normalized spacial score (nSPS) is 9.85. The van der Waals surface area contributed by atoms with Gasteiger partial charge in [0.1, 0.15) is 5.52 Å². The second kappa shape index (κ2) is 3.18. The zero-order chi connectivity index (χ0) is 9.10. The van der Waals surface area contributed by atoms with Gasteiger partial charge < -0.3 is 4.74 Å². The highest BCUT2D eigenvalue weighted by Crippen LogP contribution is 2.20. The van der Waals surface area contributed by atoms with Crippen LogP contribution in [0.1, 0.15) is 0 Å². The maximum absolute atomic E-state index is 10.1. The van der Waals surface area contributed by atoms with Gasteiger partial charge in [-0.05, 0) is 12.1 Å². The van der Waals surface area contributed by atoms with Crippen molar-refractivity contribution in [2.75, 3.05) is 0 Å². The van der Waals surface area contributed by atoms with E-state index < -0.39 is 0 Å². The molecular formula is C9H6N2O2. The van der Waals surface area contributed by atoms with E-state index in [2.05, 4.69) is 9.97 Å². The van der Waals surface area contributed by atoms with E-state index in [0.717, 1.165) is 0 Å². The van der Waals surface area contributed by atoms with Crippen molar-refractivity contribution < 1.29 is 9.53 Å². The summed E-state index contributed by atoms with van der Waals surface area (Å²) in [6, 6.07) is 5.24. The summed E-state index contributed by atoms with van der Waals surface area (Å²) in [4.78, 5) is 18.3. The molecule has 4 nitrogen and oxygen atoms in total. The molecule has 13 heavy (non-hydrogen) atoms. The number of carbonyl (C=O) groups is 1. The quantitative estimate of drug-likeness (QED) is 0.641. The lowest BCUT2D eigenvalue weighted by molar-refractivity contribution is -0.120. The van der Waals surface area contributed by atoms with Crippen molar-refractivity contribution in [3.05, 3.63) is 30.6 Å². The van der Waals surface area contributed by atoms with Gasteiger partial charge >= 0.3 is 0 Å². The van der Waals surface area contributed by atoms with E-state index in [9.17, 15) is 4.79 Å². The number of fused-ring (bicyclic) bond motifs is 1. The van der Waals surface area contributed by atoms with Crippen LogP contribution < -0.4 is 4.74 Å². The fourth-order valence-corrected chi connectivity index (χ4v) is 1.11. The first-order valence-electron chi connectivity index (χ1n) is 3.72. The topological polar surface area (TPSA) is 52.1 Å². The second-order valence-electron chi connectivity index (χ2n) is 2.39. The number of rotatable bonds is 2. The number of ether oxygens (including phenoxy) is 1. The molecule has 0 aliphatic heterocycles. The van der Waals surface area contributed by atoms with Gasteiger partial charge in [0.15, 0.2) is 5.75 Å². The first kappa shape index (κ1) is 7.67. The van der Waals surface area contributed by atoms with E-state index in [1.165, 1.54) is 0 Å². The van der Waals surface area contributed by atoms with Gasteiger partial charge in [-0.3, -0.25) is 9.78 Å². The molecule has 0 bridgehead atoms. The van der Waals surface area contributed by atoms with Gasteiger partial charge in [-0.2, -0.15) is 0 Å². The van der Waals surface area contributed by atoms with Gasteiger partial charge in [-0.25, -0.2) is 4.98 Å². The molecule has 4 heteroatoms. The van der Waals surface area contributed by atoms with Crippen LogP contribution in [0.4, 0.5) is 0 Å². The number of benzene rings is 1. The summed E-state index contributed by atoms with van der Waals surface area (Å²) in [6.07, 6.45) is 3.15. The zero-order valence-electron chi connectivity index (χ0n) is 6.68. The minimum absolute atomic E-state index is 0.378. The van der Waals surface area contributed by atoms with E-state index in [0.29, 0.717) is 23.3 Å². The van der Waals surface area contributed by atoms with Crippen molar-refractivity contribution in [3.63, 3.8) is 0 Å². The predicted molar refractivity (Wildman–Crippen MR) is 46.2 cm³/mol. The largest absolute Gasteiger partial charge is 0.426 e. The fourth-order valence-electron chi connectivity index (χ4n) is 1.11. The number of carbonyl (C=O) groups excluding carboxylic acids is 1. The monoisotopic (exact) mass is 174 g/mol. The molecule has 2 aromatic rings. The summed E-state index contributed by atoms with van der Waals surface area (Å²) in [5.74, 6) is 0.431. The van der Waals surface area contributed by atoms with Crippen molar-refractivity contribution in [1.29, 1.82) is 0 Å². The van der Waals surface area contributed by atoms with Crippen LogP contribution in [0.5, 0.6) is 5.75 Å². The highest BCUT2D eigenvalue weighted by molar-refractivity contribution is 5.81. The molecular weight excluding hydrogens is 168 g/mol. The van der Waals surface area contributed by atoms with Crippen molar-refractivity contribution in [1.82, 2.24) is 9.97 Å². The van der Waals surface area contributed by atoms with E-state index in [1.54, 1.807) is 30.6 Å². The van der Waals surface area contributed by atoms with Gasteiger partial charge in [0.2, 0.25) is 0 Å². The smallest absolute Gasteiger partial charge is 0.298 e. The van der Waals surface area contributed by atoms with Crippen molar-refractivity contribution in [2.45, 2.75) is 0 Å². The van der Waals surface area contributed by atoms with Gasteiger partial charge in [0, 0.05) is 12.4 Å². The van der Waals surface area contributed by atoms with Crippen molar-refractivity contribution in [3.8, 4) is 5.75 Å². The highest BCUT2D eigenvalue weighted by atomic mass is 16.5. The molecule has 1 aromatic heterocycles. The molecule has 0 saturated carbocycles. The Hall–Kier alpha value is -1.97. The molecule has 64 valence electrons. The van der Waals surface area contributed by atoms with Crippen LogP contribution in [0.25, 0.3) is 11.0 Å². The molecule has 0 saturated heterocycles. The fraction of sp³-hybridized carbons (Fsp3) is 0. The molecule has 1 aromatic carbocycles.